The van der Waals surface area contributed by atoms with Gasteiger partial charge in [0.1, 0.15) is 11.5 Å². The predicted molar refractivity (Wildman–Crippen MR) is 119 cm³/mol. The van der Waals surface area contributed by atoms with Crippen LogP contribution in [0.1, 0.15) is 6.42 Å². The molecule has 4 aromatic rings. The topological polar surface area (TPSA) is 102 Å². The van der Waals surface area contributed by atoms with Crippen LogP contribution in [0.3, 0.4) is 0 Å². The molecule has 10 heteroatoms. The lowest BCUT2D eigenvalue weighted by Crippen LogP contribution is -2.26. The van der Waals surface area contributed by atoms with Crippen molar-refractivity contribution >= 4 is 42.9 Å². The van der Waals surface area contributed by atoms with E-state index in [0.29, 0.717) is 31.3 Å². The first kappa shape index (κ1) is 20.5. The Hall–Kier alpha value is -2.82. The second kappa shape index (κ2) is 8.90. The number of fused-ring (bicyclic) bond motifs is 1. The Bertz CT molecular complexity index is 1260. The third kappa shape index (κ3) is 4.66. The summed E-state index contributed by atoms with van der Waals surface area (Å²) < 4.78 is 29.9. The van der Waals surface area contributed by atoms with E-state index in [1.54, 1.807) is 36.7 Å². The van der Waals surface area contributed by atoms with E-state index in [4.69, 9.17) is 0 Å². The zero-order chi connectivity index (χ0) is 21.0. The van der Waals surface area contributed by atoms with Gasteiger partial charge in [0.15, 0.2) is 0 Å². The summed E-state index contributed by atoms with van der Waals surface area (Å²) >= 11 is 3.30. The molecule has 4 rings (SSSR count). The summed E-state index contributed by atoms with van der Waals surface area (Å²) in [6.07, 6.45) is 5.92. The van der Waals surface area contributed by atoms with E-state index < -0.39 is 10.0 Å². The lowest BCUT2D eigenvalue weighted by Gasteiger charge is -2.09. The maximum atomic E-state index is 12.3. The molecule has 0 saturated heterocycles. The molecule has 0 spiro atoms. The average molecular weight is 487 g/mol. The molecule has 0 fully saturated rings. The lowest BCUT2D eigenvalue weighted by atomic mass is 10.3. The van der Waals surface area contributed by atoms with Gasteiger partial charge < -0.3 is 5.32 Å². The van der Waals surface area contributed by atoms with E-state index in [1.165, 1.54) is 0 Å². The summed E-state index contributed by atoms with van der Waals surface area (Å²) in [7, 11) is -3.52. The first-order valence-corrected chi connectivity index (χ1v) is 11.6. The Balaban J connectivity index is 1.33. The molecule has 3 heterocycles. The maximum Gasteiger partial charge on any atom is 0.240 e. The monoisotopic (exact) mass is 486 g/mol. The minimum absolute atomic E-state index is 0.238. The zero-order valence-corrected chi connectivity index (χ0v) is 18.3. The molecule has 0 saturated carbocycles. The van der Waals surface area contributed by atoms with E-state index in [1.807, 2.05) is 35.0 Å². The van der Waals surface area contributed by atoms with E-state index >= 15 is 0 Å². The summed E-state index contributed by atoms with van der Waals surface area (Å²) in [5, 5.41) is 4.16. The first-order chi connectivity index (χ1) is 14.5. The lowest BCUT2D eigenvalue weighted by molar-refractivity contribution is 0.580. The molecule has 8 nitrogen and oxygen atoms in total. The molecule has 30 heavy (non-hydrogen) atoms. The van der Waals surface area contributed by atoms with Gasteiger partial charge in [0.2, 0.25) is 16.0 Å². The number of pyridine rings is 1. The number of nitrogens with one attached hydrogen (secondary N) is 2. The van der Waals surface area contributed by atoms with Crippen LogP contribution >= 0.6 is 15.9 Å². The number of anilines is 1. The van der Waals surface area contributed by atoms with Crippen molar-refractivity contribution in [2.75, 3.05) is 18.4 Å². The van der Waals surface area contributed by atoms with Crippen molar-refractivity contribution in [3.8, 4) is 5.82 Å². The third-order valence-electron chi connectivity index (χ3n) is 4.39. The van der Waals surface area contributed by atoms with E-state index in [9.17, 15) is 8.42 Å². The Morgan fingerprint density at radius 2 is 1.80 bits per heavy atom. The largest absolute Gasteiger partial charge is 0.354 e. The number of rotatable bonds is 8. The fourth-order valence-corrected chi connectivity index (χ4v) is 4.25. The van der Waals surface area contributed by atoms with Crippen LogP contribution < -0.4 is 10.0 Å². The molecule has 0 aliphatic rings. The van der Waals surface area contributed by atoms with Crippen LogP contribution in [0.5, 0.6) is 0 Å². The van der Waals surface area contributed by atoms with Gasteiger partial charge in [0.05, 0.1) is 4.90 Å². The number of benzene rings is 1. The van der Waals surface area contributed by atoms with Gasteiger partial charge in [0, 0.05) is 41.5 Å². The van der Waals surface area contributed by atoms with Gasteiger partial charge >= 0.3 is 0 Å². The van der Waals surface area contributed by atoms with Gasteiger partial charge in [-0.1, -0.05) is 15.9 Å². The van der Waals surface area contributed by atoms with Gasteiger partial charge in [-0.05, 0) is 55.0 Å². The van der Waals surface area contributed by atoms with Crippen LogP contribution in [0.15, 0.2) is 76.5 Å². The SMILES string of the molecule is O=S(=O)(NCCCNc1nccc(-n2ccc3cccnc32)n1)c1ccc(Br)cc1. The Kier molecular flexibility index (Phi) is 6.07. The minimum Gasteiger partial charge on any atom is -0.354 e. The van der Waals surface area contributed by atoms with Gasteiger partial charge in [-0.25, -0.2) is 23.1 Å². The highest BCUT2D eigenvalue weighted by Gasteiger charge is 2.12. The number of nitrogens with zero attached hydrogens (tertiary/aromatic N) is 4. The predicted octanol–water partition coefficient (Wildman–Crippen LogP) is 3.36. The van der Waals surface area contributed by atoms with E-state index in [-0.39, 0.29) is 4.90 Å². The summed E-state index contributed by atoms with van der Waals surface area (Å²) in [5.74, 6) is 1.18. The van der Waals surface area contributed by atoms with Crippen LogP contribution in [0.2, 0.25) is 0 Å². The number of halogens is 1. The zero-order valence-electron chi connectivity index (χ0n) is 15.9. The van der Waals surface area contributed by atoms with Crippen molar-refractivity contribution in [3.63, 3.8) is 0 Å². The fraction of sp³-hybridized carbons (Fsp3) is 0.150. The van der Waals surface area contributed by atoms with Crippen molar-refractivity contribution in [1.82, 2.24) is 24.2 Å². The summed E-state index contributed by atoms with van der Waals surface area (Å²) in [6.45, 7) is 0.828. The van der Waals surface area contributed by atoms with E-state index in [2.05, 4.69) is 40.9 Å². The molecular weight excluding hydrogens is 468 g/mol. The van der Waals surface area contributed by atoms with Crippen LogP contribution in [0, 0.1) is 0 Å². The summed E-state index contributed by atoms with van der Waals surface area (Å²) in [4.78, 5) is 13.4. The van der Waals surface area contributed by atoms with Gasteiger partial charge in [-0.15, -0.1) is 0 Å². The standard InChI is InChI=1S/C20H19BrN6O2S/c21-16-4-6-17(7-5-16)30(28,29)25-12-2-11-23-20-24-13-8-18(26-20)27-14-9-15-3-1-10-22-19(15)27/h1,3-10,13-14,25H,2,11-12H2,(H,23,24,26). The third-order valence-corrected chi connectivity index (χ3v) is 6.39. The van der Waals surface area contributed by atoms with Crippen molar-refractivity contribution in [3.05, 3.63) is 71.6 Å². The molecule has 0 atom stereocenters. The average Bonchev–Trinajstić information content (AvgIpc) is 3.18. The highest BCUT2D eigenvalue weighted by atomic mass is 79.9. The Labute approximate surface area is 182 Å². The van der Waals surface area contributed by atoms with Gasteiger partial charge in [-0.2, -0.15) is 4.98 Å². The minimum atomic E-state index is -3.52. The molecule has 0 amide bonds. The molecule has 2 N–H and O–H groups in total. The number of sulfonamides is 1. The highest BCUT2D eigenvalue weighted by Crippen LogP contribution is 2.17. The quantitative estimate of drug-likeness (QED) is 0.370. The van der Waals surface area contributed by atoms with Gasteiger partial charge in [-0.3, -0.25) is 4.57 Å². The maximum absolute atomic E-state index is 12.3. The molecule has 0 bridgehead atoms. The molecule has 0 aliphatic carbocycles. The van der Waals surface area contributed by atoms with Crippen molar-refractivity contribution in [1.29, 1.82) is 0 Å². The van der Waals surface area contributed by atoms with Crippen molar-refractivity contribution in [2.24, 2.45) is 0 Å². The fourth-order valence-electron chi connectivity index (χ4n) is 2.91. The molecule has 0 aliphatic heterocycles. The smallest absolute Gasteiger partial charge is 0.240 e. The van der Waals surface area contributed by atoms with Crippen LogP contribution in [-0.2, 0) is 10.0 Å². The molecule has 3 aromatic heterocycles. The Morgan fingerprint density at radius 1 is 0.967 bits per heavy atom. The molecule has 154 valence electrons. The molecule has 1 aromatic carbocycles. The van der Waals surface area contributed by atoms with Crippen molar-refractivity contribution < 1.29 is 8.42 Å². The Morgan fingerprint density at radius 3 is 2.63 bits per heavy atom. The summed E-state index contributed by atoms with van der Waals surface area (Å²) in [5.41, 5.74) is 0.824. The normalized spacial score (nSPS) is 11.6. The number of aromatic nitrogens is 4. The second-order valence-corrected chi connectivity index (χ2v) is 9.16. The number of hydrogen-bond acceptors (Lipinski definition) is 6. The van der Waals surface area contributed by atoms with Crippen LogP contribution in [0.25, 0.3) is 16.9 Å². The number of hydrogen-bond donors (Lipinski definition) is 2. The van der Waals surface area contributed by atoms with E-state index in [0.717, 1.165) is 15.5 Å². The summed E-state index contributed by atoms with van der Waals surface area (Å²) in [6, 6.07) is 14.2. The van der Waals surface area contributed by atoms with Crippen LogP contribution in [0.4, 0.5) is 5.95 Å². The first-order valence-electron chi connectivity index (χ1n) is 9.27. The molecule has 0 radical (unpaired) electrons. The second-order valence-electron chi connectivity index (χ2n) is 6.47. The molecular formula is C20H19BrN6O2S. The molecule has 0 unspecified atom stereocenters. The van der Waals surface area contributed by atoms with Gasteiger partial charge in [0.25, 0.3) is 0 Å². The highest BCUT2D eigenvalue weighted by molar-refractivity contribution is 9.10. The van der Waals surface area contributed by atoms with Crippen molar-refractivity contribution in [2.45, 2.75) is 11.3 Å². The van der Waals surface area contributed by atoms with Crippen LogP contribution in [-0.4, -0.2) is 41.0 Å².